The number of piperazine rings is 1. The van der Waals surface area contributed by atoms with E-state index in [0.717, 1.165) is 49.7 Å². The summed E-state index contributed by atoms with van der Waals surface area (Å²) in [7, 11) is 0. The lowest BCUT2D eigenvalue weighted by Gasteiger charge is -2.29. The Morgan fingerprint density at radius 3 is 2.71 bits per heavy atom. The summed E-state index contributed by atoms with van der Waals surface area (Å²) in [5.74, 6) is 0.0877. The van der Waals surface area contributed by atoms with Crippen LogP contribution in [0.1, 0.15) is 12.5 Å². The quantitative estimate of drug-likeness (QED) is 0.414. The predicted octanol–water partition coefficient (Wildman–Crippen LogP) is -0.458. The minimum absolute atomic E-state index is 0.0877. The molecule has 1 saturated heterocycles. The molecule has 1 aliphatic rings. The highest BCUT2D eigenvalue weighted by Gasteiger charge is 2.25. The van der Waals surface area contributed by atoms with E-state index in [1.807, 2.05) is 33.5 Å². The molecule has 1 aromatic heterocycles. The Labute approximate surface area is 171 Å². The van der Waals surface area contributed by atoms with Gasteiger partial charge < -0.3 is 19.7 Å². The number of carbonyl (C=O) groups is 1. The molecule has 2 aromatic rings. The summed E-state index contributed by atoms with van der Waals surface area (Å²) in [5, 5.41) is 7.47. The molecule has 28 heavy (non-hydrogen) atoms. The number of benzene rings is 1. The number of aryl methyl sites for hydroxylation is 1. The molecule has 0 saturated carbocycles. The summed E-state index contributed by atoms with van der Waals surface area (Å²) in [6.45, 7) is 11.8. The maximum Gasteiger partial charge on any atom is 0.279 e. The lowest BCUT2D eigenvalue weighted by Crippen LogP contribution is -3.28. The van der Waals surface area contributed by atoms with E-state index < -0.39 is 0 Å². The molecular formula is C20H30N6OS+2. The van der Waals surface area contributed by atoms with Crippen LogP contribution in [0.4, 0.5) is 5.69 Å². The highest BCUT2D eigenvalue weighted by Crippen LogP contribution is 2.14. The van der Waals surface area contributed by atoms with Crippen LogP contribution in [-0.4, -0.2) is 53.0 Å². The third kappa shape index (κ3) is 5.15. The molecule has 150 valence electrons. The number of amides is 1. The van der Waals surface area contributed by atoms with Gasteiger partial charge in [0.1, 0.15) is 32.5 Å². The van der Waals surface area contributed by atoms with Gasteiger partial charge >= 0.3 is 0 Å². The number of rotatable bonds is 8. The van der Waals surface area contributed by atoms with Gasteiger partial charge in [-0.15, -0.1) is 6.58 Å². The van der Waals surface area contributed by atoms with E-state index >= 15 is 0 Å². The monoisotopic (exact) mass is 402 g/mol. The van der Waals surface area contributed by atoms with Crippen molar-refractivity contribution in [2.45, 2.75) is 26.6 Å². The second-order valence-corrected chi connectivity index (χ2v) is 7.61. The number of nitrogens with zero attached hydrogens (tertiary/aromatic N) is 3. The predicted molar refractivity (Wildman–Crippen MR) is 112 cm³/mol. The van der Waals surface area contributed by atoms with Gasteiger partial charge in [0, 0.05) is 12.2 Å². The highest BCUT2D eigenvalue weighted by molar-refractivity contribution is 7.71. The zero-order valence-corrected chi connectivity index (χ0v) is 17.3. The van der Waals surface area contributed by atoms with E-state index in [1.165, 1.54) is 15.4 Å². The normalized spacial score (nSPS) is 19.3. The minimum atomic E-state index is 0.0877. The maximum absolute atomic E-state index is 12.5. The van der Waals surface area contributed by atoms with E-state index in [1.54, 1.807) is 6.33 Å². The van der Waals surface area contributed by atoms with Gasteiger partial charge in [0.25, 0.3) is 5.91 Å². The zero-order valence-electron chi connectivity index (χ0n) is 16.5. The number of hydrogen-bond acceptors (Lipinski definition) is 3. The molecule has 0 unspecified atom stereocenters. The number of nitrogens with one attached hydrogen (secondary N) is 3. The Balaban J connectivity index is 1.47. The molecule has 1 fully saturated rings. The molecule has 8 heteroatoms. The van der Waals surface area contributed by atoms with Gasteiger partial charge in [-0.05, 0) is 30.3 Å². The number of allylic oxidation sites excluding steroid dienone is 1. The average molecular weight is 403 g/mol. The zero-order chi connectivity index (χ0) is 19.9. The molecule has 1 aliphatic heterocycles. The van der Waals surface area contributed by atoms with Gasteiger partial charge in [-0.1, -0.05) is 31.2 Å². The van der Waals surface area contributed by atoms with Crippen LogP contribution in [0.3, 0.4) is 0 Å². The first kappa shape index (κ1) is 20.4. The summed E-state index contributed by atoms with van der Waals surface area (Å²) < 4.78 is 4.53. The van der Waals surface area contributed by atoms with Crippen LogP contribution in [0.2, 0.25) is 0 Å². The highest BCUT2D eigenvalue weighted by atomic mass is 32.1. The molecule has 0 atom stereocenters. The molecule has 1 amide bonds. The number of para-hydroxylation sites is 1. The van der Waals surface area contributed by atoms with Crippen LogP contribution in [-0.2, 0) is 24.4 Å². The van der Waals surface area contributed by atoms with Crippen molar-refractivity contribution >= 4 is 23.8 Å². The Kier molecular flexibility index (Phi) is 7.13. The van der Waals surface area contributed by atoms with E-state index in [0.29, 0.717) is 13.1 Å². The Morgan fingerprint density at radius 2 is 2.00 bits per heavy atom. The Bertz CT molecular complexity index is 866. The van der Waals surface area contributed by atoms with Gasteiger partial charge in [0.2, 0.25) is 4.77 Å². The lowest BCUT2D eigenvalue weighted by atomic mass is 10.1. The van der Waals surface area contributed by atoms with Crippen molar-refractivity contribution in [3.63, 3.8) is 0 Å². The van der Waals surface area contributed by atoms with Crippen molar-refractivity contribution in [3.8, 4) is 0 Å². The third-order valence-electron chi connectivity index (χ3n) is 5.24. The minimum Gasteiger partial charge on any atom is -0.321 e. The van der Waals surface area contributed by atoms with Crippen molar-refractivity contribution in [2.75, 3.05) is 38.0 Å². The second-order valence-electron chi connectivity index (χ2n) is 7.25. The van der Waals surface area contributed by atoms with Crippen LogP contribution in [0.15, 0.2) is 43.2 Å². The number of hydrogen-bond donors (Lipinski definition) is 3. The first-order valence-corrected chi connectivity index (χ1v) is 10.3. The molecule has 1 aromatic carbocycles. The van der Waals surface area contributed by atoms with E-state index in [4.69, 9.17) is 12.2 Å². The standard InChI is InChI=1S/C20H28N6OS/c1-3-9-25-15-21-26(20(25)28)16-24-12-10-23(11-13-24)14-19(27)22-18-8-6-5-7-17(18)4-2/h3,5-8,15H,1,4,9-14,16H2,2H3,(H,22,27)/p+2. The van der Waals surface area contributed by atoms with Crippen LogP contribution in [0.25, 0.3) is 0 Å². The summed E-state index contributed by atoms with van der Waals surface area (Å²) in [4.78, 5) is 15.2. The average Bonchev–Trinajstić information content (AvgIpc) is 3.04. The number of carbonyl (C=O) groups excluding carboxylic acids is 1. The number of anilines is 1. The van der Waals surface area contributed by atoms with Crippen LogP contribution in [0.5, 0.6) is 0 Å². The molecule has 2 heterocycles. The fourth-order valence-electron chi connectivity index (χ4n) is 3.62. The summed E-state index contributed by atoms with van der Waals surface area (Å²) >= 11 is 5.47. The van der Waals surface area contributed by atoms with Gasteiger partial charge in [-0.3, -0.25) is 4.79 Å². The SMILES string of the molecule is C=CCn1cnn(C[NH+]2CC[NH+](CC(=O)Nc3ccccc3CC)CC2)c1=S. The molecule has 3 N–H and O–H groups in total. The van der Waals surface area contributed by atoms with Crippen molar-refractivity contribution < 1.29 is 14.6 Å². The Morgan fingerprint density at radius 1 is 1.29 bits per heavy atom. The third-order valence-corrected chi connectivity index (χ3v) is 5.69. The Hall–Kier alpha value is -2.29. The van der Waals surface area contributed by atoms with Crippen LogP contribution >= 0.6 is 12.2 Å². The first-order chi connectivity index (χ1) is 13.6. The smallest absolute Gasteiger partial charge is 0.279 e. The molecule has 0 aliphatic carbocycles. The largest absolute Gasteiger partial charge is 0.321 e. The maximum atomic E-state index is 12.5. The fraction of sp³-hybridized carbons (Fsp3) is 0.450. The van der Waals surface area contributed by atoms with E-state index in [-0.39, 0.29) is 5.91 Å². The van der Waals surface area contributed by atoms with E-state index in [2.05, 4.69) is 30.0 Å². The van der Waals surface area contributed by atoms with E-state index in [9.17, 15) is 4.79 Å². The molecule has 7 nitrogen and oxygen atoms in total. The van der Waals surface area contributed by atoms with Crippen LogP contribution < -0.4 is 15.1 Å². The second kappa shape index (κ2) is 9.77. The van der Waals surface area contributed by atoms with Gasteiger partial charge in [0.05, 0.1) is 0 Å². The van der Waals surface area contributed by atoms with Crippen molar-refractivity contribution in [3.05, 3.63) is 53.6 Å². The summed E-state index contributed by atoms with van der Waals surface area (Å²) in [6, 6.07) is 8.01. The lowest BCUT2D eigenvalue weighted by molar-refractivity contribution is -1.02. The fourth-order valence-corrected chi connectivity index (χ4v) is 3.85. The number of aromatic nitrogens is 3. The summed E-state index contributed by atoms with van der Waals surface area (Å²) in [6.07, 6.45) is 4.50. The molecule has 0 bridgehead atoms. The topological polar surface area (TPSA) is 60.7 Å². The molecule has 0 spiro atoms. The molecule has 0 radical (unpaired) electrons. The molecular weight excluding hydrogens is 372 g/mol. The molecule has 3 rings (SSSR count). The van der Waals surface area contributed by atoms with Gasteiger partial charge in [-0.25, -0.2) is 0 Å². The van der Waals surface area contributed by atoms with Gasteiger partial charge in [-0.2, -0.15) is 9.78 Å². The summed E-state index contributed by atoms with van der Waals surface area (Å²) in [5.41, 5.74) is 2.11. The first-order valence-electron chi connectivity index (χ1n) is 9.88. The van der Waals surface area contributed by atoms with Gasteiger partial charge in [0.15, 0.2) is 13.2 Å². The number of quaternary nitrogens is 2. The van der Waals surface area contributed by atoms with Crippen molar-refractivity contribution in [2.24, 2.45) is 0 Å². The van der Waals surface area contributed by atoms with Crippen molar-refractivity contribution in [1.82, 2.24) is 14.3 Å². The van der Waals surface area contributed by atoms with Crippen molar-refractivity contribution in [1.29, 1.82) is 0 Å². The van der Waals surface area contributed by atoms with Crippen LogP contribution in [0, 0.1) is 4.77 Å².